The molecule has 6 rings (SSSR count). The van der Waals surface area contributed by atoms with Crippen LogP contribution in [0.5, 0.6) is 0 Å². The van der Waals surface area contributed by atoms with Crippen molar-refractivity contribution in [3.63, 3.8) is 0 Å². The Kier molecular flexibility index (Phi) is 9.04. The Labute approximate surface area is 252 Å². The van der Waals surface area contributed by atoms with Crippen molar-refractivity contribution in [1.82, 2.24) is 20.0 Å². The lowest BCUT2D eigenvalue weighted by molar-refractivity contribution is -0.141. The van der Waals surface area contributed by atoms with Gasteiger partial charge < -0.3 is 19.4 Å². The largest absolute Gasteiger partial charge is 0.376 e. The number of hydrogen-bond acceptors (Lipinski definition) is 6. The number of ether oxygens (including phenoxy) is 1. The molecule has 1 aromatic heterocycles. The number of carbonyl (C=O) groups excluding carboxylic acids is 2. The van der Waals surface area contributed by atoms with E-state index in [0.29, 0.717) is 39.3 Å². The number of anilines is 1. The minimum Gasteiger partial charge on any atom is -0.376 e. The lowest BCUT2D eigenvalue weighted by Gasteiger charge is -2.36. The molecule has 2 fully saturated rings. The van der Waals surface area contributed by atoms with Crippen molar-refractivity contribution in [3.8, 4) is 22.4 Å². The highest BCUT2D eigenvalue weighted by atomic mass is 16.5. The molecule has 220 valence electrons. The SMILES string of the molecule is O=C(CN(C[C@H]1CCCO1)C(=O)Cc1ccccc1)N1CCN(c2ccc(-c3ccc(-c4ccccc4)cc3)nn2)CC1. The summed E-state index contributed by atoms with van der Waals surface area (Å²) in [4.78, 5) is 32.3. The van der Waals surface area contributed by atoms with Gasteiger partial charge in [0.1, 0.15) is 0 Å². The zero-order valence-corrected chi connectivity index (χ0v) is 24.3. The average molecular weight is 576 g/mol. The van der Waals surface area contributed by atoms with E-state index in [1.807, 2.05) is 65.6 Å². The molecule has 3 heterocycles. The first-order valence-electron chi connectivity index (χ1n) is 15.1. The zero-order chi connectivity index (χ0) is 29.4. The third kappa shape index (κ3) is 7.27. The van der Waals surface area contributed by atoms with Crippen LogP contribution in [0.4, 0.5) is 5.82 Å². The van der Waals surface area contributed by atoms with Gasteiger partial charge in [-0.2, -0.15) is 0 Å². The van der Waals surface area contributed by atoms with Crippen molar-refractivity contribution < 1.29 is 14.3 Å². The first-order valence-corrected chi connectivity index (χ1v) is 15.1. The Morgan fingerprint density at radius 2 is 1.44 bits per heavy atom. The van der Waals surface area contributed by atoms with Crippen LogP contribution in [0.15, 0.2) is 97.1 Å². The summed E-state index contributed by atoms with van der Waals surface area (Å²) in [5.74, 6) is 0.730. The highest BCUT2D eigenvalue weighted by Crippen LogP contribution is 2.24. The maximum absolute atomic E-state index is 13.3. The molecule has 0 aliphatic carbocycles. The molecule has 1 atom stereocenters. The van der Waals surface area contributed by atoms with E-state index in [1.165, 1.54) is 5.56 Å². The predicted molar refractivity (Wildman–Crippen MR) is 167 cm³/mol. The van der Waals surface area contributed by atoms with Gasteiger partial charge in [0.05, 0.1) is 24.8 Å². The van der Waals surface area contributed by atoms with E-state index in [4.69, 9.17) is 4.74 Å². The maximum Gasteiger partial charge on any atom is 0.242 e. The van der Waals surface area contributed by atoms with Crippen molar-refractivity contribution in [2.45, 2.75) is 25.4 Å². The molecule has 2 aliphatic rings. The number of benzene rings is 3. The highest BCUT2D eigenvalue weighted by Gasteiger charge is 2.28. The van der Waals surface area contributed by atoms with Crippen LogP contribution in [0, 0.1) is 0 Å². The number of aromatic nitrogens is 2. The molecule has 2 amide bonds. The van der Waals surface area contributed by atoms with Crippen LogP contribution in [-0.2, 0) is 20.7 Å². The first kappa shape index (κ1) is 28.6. The third-order valence-corrected chi connectivity index (χ3v) is 8.22. The van der Waals surface area contributed by atoms with E-state index in [1.54, 1.807) is 4.90 Å². The lowest BCUT2D eigenvalue weighted by Crippen LogP contribution is -2.53. The van der Waals surface area contributed by atoms with Crippen molar-refractivity contribution in [1.29, 1.82) is 0 Å². The smallest absolute Gasteiger partial charge is 0.242 e. The second-order valence-corrected chi connectivity index (χ2v) is 11.2. The van der Waals surface area contributed by atoms with E-state index in [9.17, 15) is 9.59 Å². The quantitative estimate of drug-likeness (QED) is 0.288. The van der Waals surface area contributed by atoms with Gasteiger partial charge in [0.25, 0.3) is 0 Å². The van der Waals surface area contributed by atoms with E-state index in [0.717, 1.165) is 41.0 Å². The minimum atomic E-state index is -0.0428. The number of rotatable bonds is 9. The molecule has 0 unspecified atom stereocenters. The summed E-state index contributed by atoms with van der Waals surface area (Å²) >= 11 is 0. The van der Waals surface area contributed by atoms with Crippen molar-refractivity contribution in [2.24, 2.45) is 0 Å². The number of amides is 2. The second kappa shape index (κ2) is 13.6. The predicted octanol–water partition coefficient (Wildman–Crippen LogP) is 4.71. The van der Waals surface area contributed by atoms with Gasteiger partial charge in [-0.15, -0.1) is 10.2 Å². The van der Waals surface area contributed by atoms with Crippen LogP contribution in [0.25, 0.3) is 22.4 Å². The first-order chi connectivity index (χ1) is 21.1. The van der Waals surface area contributed by atoms with Gasteiger partial charge >= 0.3 is 0 Å². The Balaban J connectivity index is 1.03. The summed E-state index contributed by atoms with van der Waals surface area (Å²) in [6, 6.07) is 32.3. The summed E-state index contributed by atoms with van der Waals surface area (Å²) in [5.41, 5.74) is 5.13. The molecule has 8 heteroatoms. The Bertz CT molecular complexity index is 1480. The van der Waals surface area contributed by atoms with Gasteiger partial charge in [0, 0.05) is 44.9 Å². The minimum absolute atomic E-state index is 0.00674. The average Bonchev–Trinajstić information content (AvgIpc) is 3.59. The van der Waals surface area contributed by atoms with E-state index >= 15 is 0 Å². The Hall–Kier alpha value is -4.56. The van der Waals surface area contributed by atoms with Gasteiger partial charge in [-0.1, -0.05) is 84.9 Å². The molecule has 43 heavy (non-hydrogen) atoms. The van der Waals surface area contributed by atoms with Crippen LogP contribution in [-0.4, -0.2) is 83.8 Å². The summed E-state index contributed by atoms with van der Waals surface area (Å²) in [6.07, 6.45) is 2.18. The number of piperazine rings is 1. The van der Waals surface area contributed by atoms with Gasteiger partial charge in [0.2, 0.25) is 11.8 Å². The molecular formula is C35H37N5O3. The van der Waals surface area contributed by atoms with Crippen LogP contribution in [0.1, 0.15) is 18.4 Å². The molecule has 0 N–H and O–H groups in total. The molecule has 2 aliphatic heterocycles. The van der Waals surface area contributed by atoms with Gasteiger partial charge in [0.15, 0.2) is 5.82 Å². The normalized spacial score (nSPS) is 16.7. The van der Waals surface area contributed by atoms with Crippen LogP contribution >= 0.6 is 0 Å². The molecule has 0 bridgehead atoms. The topological polar surface area (TPSA) is 78.9 Å². The Morgan fingerprint density at radius 3 is 2.09 bits per heavy atom. The molecule has 3 aromatic carbocycles. The number of hydrogen-bond donors (Lipinski definition) is 0. The standard InChI is InChI=1S/C35H37N5O3/c41-34(24-27-8-3-1-4-9-27)40(25-31-12-7-23-43-31)26-35(42)39-21-19-38(20-22-39)33-18-17-32(36-37-33)30-15-13-29(14-16-30)28-10-5-2-6-11-28/h1-6,8-11,13-18,31H,7,12,19-26H2/t31-/m1/s1. The fourth-order valence-electron chi connectivity index (χ4n) is 5.73. The van der Waals surface area contributed by atoms with Gasteiger partial charge in [-0.3, -0.25) is 9.59 Å². The molecule has 0 saturated carbocycles. The summed E-state index contributed by atoms with van der Waals surface area (Å²) in [7, 11) is 0. The second-order valence-electron chi connectivity index (χ2n) is 11.2. The van der Waals surface area contributed by atoms with Crippen molar-refractivity contribution in [3.05, 3.63) is 103 Å². The molecule has 8 nitrogen and oxygen atoms in total. The number of nitrogens with zero attached hydrogens (tertiary/aromatic N) is 5. The molecular weight excluding hydrogens is 538 g/mol. The molecule has 4 aromatic rings. The van der Waals surface area contributed by atoms with Crippen LogP contribution in [0.2, 0.25) is 0 Å². The van der Waals surface area contributed by atoms with E-state index in [2.05, 4.69) is 51.5 Å². The Morgan fingerprint density at radius 1 is 0.767 bits per heavy atom. The maximum atomic E-state index is 13.3. The molecule has 0 radical (unpaired) electrons. The van der Waals surface area contributed by atoms with E-state index < -0.39 is 0 Å². The monoisotopic (exact) mass is 575 g/mol. The number of carbonyl (C=O) groups is 2. The lowest BCUT2D eigenvalue weighted by atomic mass is 10.0. The van der Waals surface area contributed by atoms with Gasteiger partial charge in [-0.25, -0.2) is 0 Å². The third-order valence-electron chi connectivity index (χ3n) is 8.22. The van der Waals surface area contributed by atoms with Crippen molar-refractivity contribution in [2.75, 3.05) is 50.8 Å². The summed E-state index contributed by atoms with van der Waals surface area (Å²) in [5, 5.41) is 9.00. The van der Waals surface area contributed by atoms with Crippen molar-refractivity contribution >= 4 is 17.6 Å². The fourth-order valence-corrected chi connectivity index (χ4v) is 5.73. The summed E-state index contributed by atoms with van der Waals surface area (Å²) < 4.78 is 5.80. The molecule has 0 spiro atoms. The van der Waals surface area contributed by atoms with Gasteiger partial charge in [-0.05, 0) is 41.7 Å². The summed E-state index contributed by atoms with van der Waals surface area (Å²) in [6.45, 7) is 3.71. The van der Waals surface area contributed by atoms with E-state index in [-0.39, 0.29) is 30.9 Å². The molecule has 2 saturated heterocycles. The van der Waals surface area contributed by atoms with Crippen LogP contribution < -0.4 is 4.90 Å². The fraction of sp³-hybridized carbons (Fsp3) is 0.314. The highest BCUT2D eigenvalue weighted by molar-refractivity contribution is 5.86. The zero-order valence-electron chi connectivity index (χ0n) is 24.3. The van der Waals surface area contributed by atoms with Crippen LogP contribution in [0.3, 0.4) is 0 Å².